The van der Waals surface area contributed by atoms with E-state index in [0.29, 0.717) is 36.4 Å². The number of guanidine groups is 1. The van der Waals surface area contributed by atoms with Crippen molar-refractivity contribution < 1.29 is 14.2 Å². The van der Waals surface area contributed by atoms with Crippen LogP contribution in [0.3, 0.4) is 0 Å². The molecule has 1 heterocycles. The maximum Gasteiger partial charge on any atom is 0.203 e. The van der Waals surface area contributed by atoms with Gasteiger partial charge in [0.05, 0.1) is 20.8 Å². The van der Waals surface area contributed by atoms with Crippen molar-refractivity contribution in [1.29, 1.82) is 0 Å². The molecule has 1 aliphatic heterocycles. The van der Waals surface area contributed by atoms with Crippen LogP contribution in [-0.4, -0.2) is 57.9 Å². The lowest BCUT2D eigenvalue weighted by atomic mass is 10.0. The van der Waals surface area contributed by atoms with Crippen LogP contribution >= 0.6 is 0 Å². The van der Waals surface area contributed by atoms with Gasteiger partial charge in [0.1, 0.15) is 0 Å². The molecule has 2 aromatic rings. The Bertz CT molecular complexity index is 840. The summed E-state index contributed by atoms with van der Waals surface area (Å²) in [6, 6.07) is 15.0. The SMILES string of the molecule is CCOc1c(OC)cc(CNC(=NC)NC2CCN(Cc3ccccc3)CC2)cc1OC. The molecular formula is C25H36N4O3. The number of likely N-dealkylation sites (tertiary alicyclic amines) is 1. The first-order chi connectivity index (χ1) is 15.7. The van der Waals surface area contributed by atoms with E-state index in [1.165, 1.54) is 5.56 Å². The van der Waals surface area contributed by atoms with Crippen molar-refractivity contribution in [3.05, 3.63) is 53.6 Å². The Kier molecular flexibility index (Phi) is 9.04. The monoisotopic (exact) mass is 440 g/mol. The summed E-state index contributed by atoms with van der Waals surface area (Å²) in [7, 11) is 5.08. The molecule has 0 amide bonds. The Morgan fingerprint density at radius 2 is 1.69 bits per heavy atom. The first kappa shape index (κ1) is 23.7. The van der Waals surface area contributed by atoms with Gasteiger partial charge < -0.3 is 24.8 Å². The van der Waals surface area contributed by atoms with Crippen molar-refractivity contribution >= 4 is 5.96 Å². The molecule has 32 heavy (non-hydrogen) atoms. The van der Waals surface area contributed by atoms with Crippen LogP contribution in [-0.2, 0) is 13.1 Å². The Morgan fingerprint density at radius 1 is 1.03 bits per heavy atom. The number of ether oxygens (including phenoxy) is 3. The average Bonchev–Trinajstić information content (AvgIpc) is 2.84. The van der Waals surface area contributed by atoms with E-state index in [1.807, 2.05) is 19.1 Å². The second-order valence-electron chi connectivity index (χ2n) is 7.87. The van der Waals surface area contributed by atoms with E-state index >= 15 is 0 Å². The lowest BCUT2D eigenvalue weighted by Gasteiger charge is -2.33. The van der Waals surface area contributed by atoms with Crippen LogP contribution < -0.4 is 24.8 Å². The van der Waals surface area contributed by atoms with E-state index < -0.39 is 0 Å². The topological polar surface area (TPSA) is 67.4 Å². The van der Waals surface area contributed by atoms with Crippen LogP contribution in [0.4, 0.5) is 0 Å². The number of hydrogen-bond acceptors (Lipinski definition) is 5. The number of piperidine rings is 1. The van der Waals surface area contributed by atoms with Gasteiger partial charge in [-0.1, -0.05) is 30.3 Å². The molecule has 0 aliphatic carbocycles. The van der Waals surface area contributed by atoms with Gasteiger partial charge >= 0.3 is 0 Å². The highest BCUT2D eigenvalue weighted by Gasteiger charge is 2.20. The maximum absolute atomic E-state index is 5.69. The predicted molar refractivity (Wildman–Crippen MR) is 129 cm³/mol. The molecule has 0 bridgehead atoms. The summed E-state index contributed by atoms with van der Waals surface area (Å²) >= 11 is 0. The zero-order valence-electron chi connectivity index (χ0n) is 19.7. The van der Waals surface area contributed by atoms with Crippen molar-refractivity contribution in [2.75, 3.05) is 41.0 Å². The molecule has 1 aliphatic rings. The summed E-state index contributed by atoms with van der Waals surface area (Å²) < 4.78 is 16.7. The van der Waals surface area contributed by atoms with Gasteiger partial charge in [0.2, 0.25) is 5.75 Å². The van der Waals surface area contributed by atoms with E-state index in [1.54, 1.807) is 21.3 Å². The van der Waals surface area contributed by atoms with Gasteiger partial charge in [-0.2, -0.15) is 0 Å². The van der Waals surface area contributed by atoms with Gasteiger partial charge in [-0.25, -0.2) is 0 Å². The Hall–Kier alpha value is -2.93. The summed E-state index contributed by atoms with van der Waals surface area (Å²) in [5, 5.41) is 6.99. The fourth-order valence-electron chi connectivity index (χ4n) is 3.97. The summed E-state index contributed by atoms with van der Waals surface area (Å²) in [5.74, 6) is 2.76. The second kappa shape index (κ2) is 12.2. The van der Waals surface area contributed by atoms with Crippen LogP contribution in [0, 0.1) is 0 Å². The van der Waals surface area contributed by atoms with Crippen LogP contribution in [0.5, 0.6) is 17.2 Å². The molecule has 2 N–H and O–H groups in total. The highest BCUT2D eigenvalue weighted by Crippen LogP contribution is 2.38. The van der Waals surface area contributed by atoms with Gasteiger partial charge in [-0.15, -0.1) is 0 Å². The summed E-state index contributed by atoms with van der Waals surface area (Å²) in [5.41, 5.74) is 2.40. The van der Waals surface area contributed by atoms with Crippen molar-refractivity contribution in [3.8, 4) is 17.2 Å². The molecular weight excluding hydrogens is 404 g/mol. The highest BCUT2D eigenvalue weighted by atomic mass is 16.5. The third kappa shape index (κ3) is 6.53. The van der Waals surface area contributed by atoms with E-state index in [9.17, 15) is 0 Å². The molecule has 3 rings (SSSR count). The highest BCUT2D eigenvalue weighted by molar-refractivity contribution is 5.80. The van der Waals surface area contributed by atoms with Crippen LogP contribution in [0.15, 0.2) is 47.5 Å². The van der Waals surface area contributed by atoms with Crippen LogP contribution in [0.25, 0.3) is 0 Å². The van der Waals surface area contributed by atoms with E-state index in [4.69, 9.17) is 14.2 Å². The first-order valence-electron chi connectivity index (χ1n) is 11.3. The summed E-state index contributed by atoms with van der Waals surface area (Å²) in [6.07, 6.45) is 2.19. The number of rotatable bonds is 9. The summed E-state index contributed by atoms with van der Waals surface area (Å²) in [4.78, 5) is 6.93. The number of nitrogens with one attached hydrogen (secondary N) is 2. The minimum atomic E-state index is 0.414. The molecule has 174 valence electrons. The number of aliphatic imine (C=N–C) groups is 1. The number of hydrogen-bond donors (Lipinski definition) is 2. The van der Waals surface area contributed by atoms with E-state index in [-0.39, 0.29) is 0 Å². The lowest BCUT2D eigenvalue weighted by Crippen LogP contribution is -2.48. The molecule has 2 aromatic carbocycles. The molecule has 1 fully saturated rings. The summed E-state index contributed by atoms with van der Waals surface area (Å²) in [6.45, 7) is 6.27. The minimum Gasteiger partial charge on any atom is -0.493 e. The quantitative estimate of drug-likeness (QED) is 0.460. The van der Waals surface area contributed by atoms with Gasteiger partial charge in [0.15, 0.2) is 17.5 Å². The fourth-order valence-corrected chi connectivity index (χ4v) is 3.97. The number of benzene rings is 2. The van der Waals surface area contributed by atoms with Crippen LogP contribution in [0.2, 0.25) is 0 Å². The van der Waals surface area contributed by atoms with Crippen molar-refractivity contribution in [2.45, 2.75) is 38.9 Å². The molecule has 7 heteroatoms. The third-order valence-electron chi connectivity index (χ3n) is 5.67. The van der Waals surface area contributed by atoms with Gasteiger partial charge in [-0.3, -0.25) is 9.89 Å². The minimum absolute atomic E-state index is 0.414. The largest absolute Gasteiger partial charge is 0.493 e. The van der Waals surface area contributed by atoms with Crippen molar-refractivity contribution in [2.24, 2.45) is 4.99 Å². The first-order valence-corrected chi connectivity index (χ1v) is 11.3. The molecule has 7 nitrogen and oxygen atoms in total. The fraction of sp³-hybridized carbons (Fsp3) is 0.480. The standard InChI is InChI=1S/C25H36N4O3/c1-5-32-24-22(30-3)15-20(16-23(24)31-4)17-27-25(26-2)28-21-11-13-29(14-12-21)18-19-9-7-6-8-10-19/h6-10,15-16,21H,5,11-14,17-18H2,1-4H3,(H2,26,27,28). The predicted octanol–water partition coefficient (Wildman–Crippen LogP) is 3.43. The Labute approximate surface area is 191 Å². The van der Waals surface area contributed by atoms with Crippen molar-refractivity contribution in [1.82, 2.24) is 15.5 Å². The average molecular weight is 441 g/mol. The van der Waals surface area contributed by atoms with Crippen molar-refractivity contribution in [3.63, 3.8) is 0 Å². The molecule has 0 unspecified atom stereocenters. The molecule has 0 saturated carbocycles. The second-order valence-corrected chi connectivity index (χ2v) is 7.87. The number of nitrogens with zero attached hydrogens (tertiary/aromatic N) is 2. The normalized spacial score (nSPS) is 15.3. The van der Waals surface area contributed by atoms with E-state index in [0.717, 1.165) is 44.0 Å². The number of methoxy groups -OCH3 is 2. The Balaban J connectivity index is 1.51. The maximum atomic E-state index is 5.69. The molecule has 0 atom stereocenters. The smallest absolute Gasteiger partial charge is 0.203 e. The van der Waals surface area contributed by atoms with Gasteiger partial charge in [0.25, 0.3) is 0 Å². The van der Waals surface area contributed by atoms with Crippen LogP contribution in [0.1, 0.15) is 30.9 Å². The molecule has 1 saturated heterocycles. The third-order valence-corrected chi connectivity index (χ3v) is 5.67. The molecule has 0 aromatic heterocycles. The molecule has 0 radical (unpaired) electrons. The Morgan fingerprint density at radius 3 is 2.25 bits per heavy atom. The zero-order valence-corrected chi connectivity index (χ0v) is 19.7. The molecule has 0 spiro atoms. The van der Waals surface area contributed by atoms with Gasteiger partial charge in [-0.05, 0) is 43.0 Å². The van der Waals surface area contributed by atoms with Gasteiger partial charge in [0, 0.05) is 39.3 Å². The lowest BCUT2D eigenvalue weighted by molar-refractivity contribution is 0.198. The zero-order chi connectivity index (χ0) is 22.8. The van der Waals surface area contributed by atoms with E-state index in [2.05, 4.69) is 50.9 Å².